The highest BCUT2D eigenvalue weighted by Gasteiger charge is 2.18. The van der Waals surface area contributed by atoms with Gasteiger partial charge in [0, 0.05) is 11.6 Å². The zero-order valence-electron chi connectivity index (χ0n) is 14.2. The van der Waals surface area contributed by atoms with Crippen molar-refractivity contribution in [3.8, 4) is 29.0 Å². The van der Waals surface area contributed by atoms with E-state index in [1.54, 1.807) is 18.2 Å². The molecule has 1 atom stereocenters. The van der Waals surface area contributed by atoms with E-state index in [9.17, 15) is 0 Å². The summed E-state index contributed by atoms with van der Waals surface area (Å²) < 4.78 is 16.8. The van der Waals surface area contributed by atoms with Crippen LogP contribution in [0.5, 0.6) is 11.5 Å². The van der Waals surface area contributed by atoms with Crippen molar-refractivity contribution >= 4 is 0 Å². The van der Waals surface area contributed by atoms with Gasteiger partial charge in [-0.05, 0) is 38.1 Å². The van der Waals surface area contributed by atoms with E-state index in [1.807, 2.05) is 38.1 Å². The van der Waals surface area contributed by atoms with E-state index in [1.165, 1.54) is 7.11 Å². The van der Waals surface area contributed by atoms with Gasteiger partial charge in [0.15, 0.2) is 17.6 Å². The molecule has 0 spiro atoms. The highest BCUT2D eigenvalue weighted by Crippen LogP contribution is 2.32. The number of hydrogen-bond acceptors (Lipinski definition) is 6. The Balaban J connectivity index is 1.79. The Hall–Kier alpha value is -3.33. The van der Waals surface area contributed by atoms with Gasteiger partial charge in [0.2, 0.25) is 5.89 Å². The number of benzene rings is 2. The molecule has 126 valence electrons. The third-order valence-electron chi connectivity index (χ3n) is 3.68. The van der Waals surface area contributed by atoms with E-state index in [0.717, 1.165) is 11.1 Å². The monoisotopic (exact) mass is 335 g/mol. The summed E-state index contributed by atoms with van der Waals surface area (Å²) in [5, 5.41) is 17.1. The lowest BCUT2D eigenvalue weighted by Crippen LogP contribution is -2.04. The van der Waals surface area contributed by atoms with Gasteiger partial charge in [0.1, 0.15) is 0 Å². The lowest BCUT2D eigenvalue weighted by Gasteiger charge is -2.14. The molecule has 0 N–H and O–H groups in total. The molecular formula is C19H17N3O3. The first-order chi connectivity index (χ1) is 12.1. The number of aryl methyl sites for hydroxylation is 1. The number of nitrogens with zero attached hydrogens (tertiary/aromatic N) is 3. The molecule has 0 aliphatic carbocycles. The highest BCUT2D eigenvalue weighted by atomic mass is 16.5. The standard InChI is InChI=1S/C19H17N3O3/c1-12-4-7-15(8-5-12)19-22-21-18(25-19)13(2)24-16-9-6-14(11-20)10-17(16)23-3/h4-10,13H,1-3H3. The van der Waals surface area contributed by atoms with Crippen LogP contribution in [-0.2, 0) is 0 Å². The van der Waals surface area contributed by atoms with E-state index in [2.05, 4.69) is 16.3 Å². The zero-order valence-corrected chi connectivity index (χ0v) is 14.2. The van der Waals surface area contributed by atoms with Crippen LogP contribution in [0.4, 0.5) is 0 Å². The maximum absolute atomic E-state index is 8.96. The molecule has 0 bridgehead atoms. The van der Waals surface area contributed by atoms with Crippen LogP contribution in [0.2, 0.25) is 0 Å². The number of aromatic nitrogens is 2. The number of methoxy groups -OCH3 is 1. The number of hydrogen-bond donors (Lipinski definition) is 0. The van der Waals surface area contributed by atoms with E-state index in [-0.39, 0.29) is 0 Å². The largest absolute Gasteiger partial charge is 0.493 e. The summed E-state index contributed by atoms with van der Waals surface area (Å²) in [6, 6.07) is 14.9. The molecule has 3 aromatic rings. The number of nitriles is 1. The molecular weight excluding hydrogens is 318 g/mol. The number of ether oxygens (including phenoxy) is 2. The lowest BCUT2D eigenvalue weighted by atomic mass is 10.1. The minimum Gasteiger partial charge on any atom is -0.493 e. The van der Waals surface area contributed by atoms with Crippen LogP contribution in [-0.4, -0.2) is 17.3 Å². The minimum absolute atomic E-state index is 0.363. The summed E-state index contributed by atoms with van der Waals surface area (Å²) in [5.41, 5.74) is 2.51. The first-order valence-electron chi connectivity index (χ1n) is 7.76. The van der Waals surface area contributed by atoms with Crippen LogP contribution in [0.25, 0.3) is 11.5 Å². The van der Waals surface area contributed by atoms with Crippen molar-refractivity contribution in [3.63, 3.8) is 0 Å². The van der Waals surface area contributed by atoms with Crippen molar-refractivity contribution in [2.45, 2.75) is 20.0 Å². The third-order valence-corrected chi connectivity index (χ3v) is 3.68. The summed E-state index contributed by atoms with van der Waals surface area (Å²) in [5.74, 6) is 1.78. The maximum Gasteiger partial charge on any atom is 0.257 e. The molecule has 0 fully saturated rings. The molecule has 0 saturated carbocycles. The fourth-order valence-electron chi connectivity index (χ4n) is 2.29. The molecule has 1 unspecified atom stereocenters. The van der Waals surface area contributed by atoms with Gasteiger partial charge < -0.3 is 13.9 Å². The lowest BCUT2D eigenvalue weighted by molar-refractivity contribution is 0.182. The van der Waals surface area contributed by atoms with E-state index in [4.69, 9.17) is 19.2 Å². The van der Waals surface area contributed by atoms with Crippen molar-refractivity contribution in [3.05, 3.63) is 59.5 Å². The summed E-state index contributed by atoms with van der Waals surface area (Å²) >= 11 is 0. The average Bonchev–Trinajstić information content (AvgIpc) is 3.13. The molecule has 0 amide bonds. The third kappa shape index (κ3) is 3.61. The average molecular weight is 335 g/mol. The first-order valence-corrected chi connectivity index (χ1v) is 7.76. The molecule has 0 aliphatic heterocycles. The quantitative estimate of drug-likeness (QED) is 0.699. The molecule has 1 heterocycles. The van der Waals surface area contributed by atoms with Crippen molar-refractivity contribution < 1.29 is 13.9 Å². The van der Waals surface area contributed by atoms with Crippen molar-refractivity contribution in [2.75, 3.05) is 7.11 Å². The van der Waals surface area contributed by atoms with E-state index >= 15 is 0 Å². The van der Waals surface area contributed by atoms with E-state index in [0.29, 0.717) is 28.8 Å². The van der Waals surface area contributed by atoms with Crippen molar-refractivity contribution in [1.29, 1.82) is 5.26 Å². The molecule has 1 aromatic heterocycles. The van der Waals surface area contributed by atoms with Crippen LogP contribution in [0, 0.1) is 18.3 Å². The van der Waals surface area contributed by atoms with Gasteiger partial charge in [0.05, 0.1) is 18.7 Å². The van der Waals surface area contributed by atoms with Crippen molar-refractivity contribution in [2.24, 2.45) is 0 Å². The molecule has 2 aromatic carbocycles. The van der Waals surface area contributed by atoms with E-state index < -0.39 is 6.10 Å². The van der Waals surface area contributed by atoms with Gasteiger partial charge >= 0.3 is 0 Å². The molecule has 0 radical (unpaired) electrons. The van der Waals surface area contributed by atoms with Gasteiger partial charge in [0.25, 0.3) is 5.89 Å². The van der Waals surface area contributed by atoms with Crippen LogP contribution in [0.1, 0.15) is 30.0 Å². The summed E-state index contributed by atoms with van der Waals surface area (Å²) in [7, 11) is 1.52. The first kappa shape index (κ1) is 16.5. The summed E-state index contributed by atoms with van der Waals surface area (Å²) in [6.45, 7) is 3.83. The zero-order chi connectivity index (χ0) is 17.8. The second-order valence-electron chi connectivity index (χ2n) is 5.55. The van der Waals surface area contributed by atoms with Gasteiger partial charge in [-0.1, -0.05) is 17.7 Å². The SMILES string of the molecule is COc1cc(C#N)ccc1OC(C)c1nnc(-c2ccc(C)cc2)o1. The maximum atomic E-state index is 8.96. The number of rotatable bonds is 5. The van der Waals surface area contributed by atoms with Crippen LogP contribution in [0.3, 0.4) is 0 Å². The Kier molecular flexibility index (Phi) is 4.66. The van der Waals surface area contributed by atoms with Crippen LogP contribution in [0.15, 0.2) is 46.9 Å². The molecule has 25 heavy (non-hydrogen) atoms. The molecule has 0 aliphatic rings. The second kappa shape index (κ2) is 7.05. The molecule has 6 heteroatoms. The highest BCUT2D eigenvalue weighted by molar-refractivity contribution is 5.53. The van der Waals surface area contributed by atoms with Gasteiger partial charge in [-0.25, -0.2) is 0 Å². The molecule has 3 rings (SSSR count). The van der Waals surface area contributed by atoms with Crippen LogP contribution >= 0.6 is 0 Å². The normalized spacial score (nSPS) is 11.6. The fraction of sp³-hybridized carbons (Fsp3) is 0.211. The topological polar surface area (TPSA) is 81.2 Å². The van der Waals surface area contributed by atoms with Gasteiger partial charge in [-0.3, -0.25) is 0 Å². The Bertz CT molecular complexity index is 910. The smallest absolute Gasteiger partial charge is 0.257 e. The Morgan fingerprint density at radius 3 is 2.52 bits per heavy atom. The molecule has 6 nitrogen and oxygen atoms in total. The van der Waals surface area contributed by atoms with Crippen LogP contribution < -0.4 is 9.47 Å². The predicted molar refractivity (Wildman–Crippen MR) is 91.2 cm³/mol. The summed E-state index contributed by atoms with van der Waals surface area (Å²) in [6.07, 6.45) is -0.464. The van der Waals surface area contributed by atoms with Gasteiger partial charge in [-0.15, -0.1) is 10.2 Å². The molecule has 0 saturated heterocycles. The van der Waals surface area contributed by atoms with Crippen molar-refractivity contribution in [1.82, 2.24) is 10.2 Å². The van der Waals surface area contributed by atoms with Gasteiger partial charge in [-0.2, -0.15) is 5.26 Å². The Labute approximate surface area is 145 Å². The Morgan fingerprint density at radius 2 is 1.84 bits per heavy atom. The fourth-order valence-corrected chi connectivity index (χ4v) is 2.29. The summed E-state index contributed by atoms with van der Waals surface area (Å²) in [4.78, 5) is 0. The second-order valence-corrected chi connectivity index (χ2v) is 5.55. The minimum atomic E-state index is -0.464. The predicted octanol–water partition coefficient (Wildman–Crippen LogP) is 4.07. The Morgan fingerprint density at radius 1 is 1.08 bits per heavy atom.